The molecule has 0 aliphatic rings. The normalized spacial score (nSPS) is 10.8. The van der Waals surface area contributed by atoms with Crippen LogP contribution in [0.4, 0.5) is 10.5 Å². The highest BCUT2D eigenvalue weighted by atomic mass is 32.2. The molecule has 0 saturated carbocycles. The summed E-state index contributed by atoms with van der Waals surface area (Å²) < 4.78 is 0. The molecule has 0 fully saturated rings. The molecule has 1 aromatic carbocycles. The molecule has 3 amide bonds. The van der Waals surface area contributed by atoms with Crippen LogP contribution in [0.3, 0.4) is 0 Å². The van der Waals surface area contributed by atoms with E-state index < -0.39 is 6.03 Å². The minimum atomic E-state index is -0.542. The summed E-state index contributed by atoms with van der Waals surface area (Å²) in [6.45, 7) is 8.04. The zero-order valence-corrected chi connectivity index (χ0v) is 17.2. The minimum Gasteiger partial charge on any atom is -0.308 e. The van der Waals surface area contributed by atoms with Gasteiger partial charge in [0, 0.05) is 16.0 Å². The number of thiophene rings is 1. The lowest BCUT2D eigenvalue weighted by atomic mass is 10.1. The molecule has 0 atom stereocenters. The molecule has 2 aromatic heterocycles. The topological polar surface area (TPSA) is 84.0 Å². The summed E-state index contributed by atoms with van der Waals surface area (Å²) in [6.07, 6.45) is 1.50. The zero-order chi connectivity index (χ0) is 19.6. The second-order valence-corrected chi connectivity index (χ2v) is 8.40. The van der Waals surface area contributed by atoms with E-state index >= 15 is 0 Å². The van der Waals surface area contributed by atoms with Crippen LogP contribution in [-0.4, -0.2) is 27.7 Å². The maximum atomic E-state index is 12.1. The molecule has 6 nitrogen and oxygen atoms in total. The van der Waals surface area contributed by atoms with Gasteiger partial charge in [0.05, 0.1) is 5.75 Å². The smallest absolute Gasteiger partial charge is 0.308 e. The van der Waals surface area contributed by atoms with Crippen molar-refractivity contribution < 1.29 is 9.59 Å². The maximum Gasteiger partial charge on any atom is 0.325 e. The Hall–Kier alpha value is -2.45. The highest BCUT2D eigenvalue weighted by Crippen LogP contribution is 2.34. The number of carbonyl (C=O) groups is 2. The molecule has 2 heterocycles. The largest absolute Gasteiger partial charge is 0.325 e. The Kier molecular flexibility index (Phi) is 5.76. The Morgan fingerprint density at radius 1 is 1.11 bits per heavy atom. The second kappa shape index (κ2) is 8.06. The third-order valence-electron chi connectivity index (χ3n) is 4.29. The number of aryl methyl sites for hydroxylation is 4. The summed E-state index contributed by atoms with van der Waals surface area (Å²) in [5.74, 6) is -0.279. The number of thioether (sulfide) groups is 1. The summed E-state index contributed by atoms with van der Waals surface area (Å²) in [5.41, 5.74) is 4.00. The fourth-order valence-electron chi connectivity index (χ4n) is 2.54. The molecule has 3 aromatic rings. The first-order valence-corrected chi connectivity index (χ1v) is 10.2. The lowest BCUT2D eigenvalue weighted by Gasteiger charge is -2.08. The van der Waals surface area contributed by atoms with Crippen molar-refractivity contribution in [3.05, 3.63) is 46.1 Å². The van der Waals surface area contributed by atoms with Crippen molar-refractivity contribution in [3.63, 3.8) is 0 Å². The van der Waals surface area contributed by atoms with Gasteiger partial charge < -0.3 is 5.32 Å². The van der Waals surface area contributed by atoms with Crippen LogP contribution in [0.5, 0.6) is 0 Å². The van der Waals surface area contributed by atoms with E-state index in [-0.39, 0.29) is 11.7 Å². The Morgan fingerprint density at radius 3 is 2.63 bits per heavy atom. The predicted octanol–water partition coefficient (Wildman–Crippen LogP) is 4.37. The van der Waals surface area contributed by atoms with Crippen molar-refractivity contribution in [1.82, 2.24) is 15.3 Å². The average Bonchev–Trinajstić information content (AvgIpc) is 2.91. The highest BCUT2D eigenvalue weighted by Gasteiger charge is 2.15. The Bertz CT molecular complexity index is 1030. The molecule has 3 rings (SSSR count). The van der Waals surface area contributed by atoms with E-state index in [1.807, 2.05) is 39.8 Å². The Morgan fingerprint density at radius 2 is 1.89 bits per heavy atom. The van der Waals surface area contributed by atoms with Gasteiger partial charge in [-0.3, -0.25) is 10.1 Å². The van der Waals surface area contributed by atoms with E-state index in [1.54, 1.807) is 17.4 Å². The van der Waals surface area contributed by atoms with Gasteiger partial charge in [-0.05, 0) is 56.5 Å². The monoisotopic (exact) mass is 400 g/mol. The lowest BCUT2D eigenvalue weighted by Crippen LogP contribution is -2.35. The van der Waals surface area contributed by atoms with E-state index in [2.05, 4.69) is 20.6 Å². The Labute approximate surface area is 165 Å². The van der Waals surface area contributed by atoms with Crippen LogP contribution in [0.2, 0.25) is 0 Å². The molecule has 8 heteroatoms. The lowest BCUT2D eigenvalue weighted by molar-refractivity contribution is -0.117. The molecular formula is C19H20N4O2S2. The van der Waals surface area contributed by atoms with E-state index in [4.69, 9.17) is 0 Å². The number of benzene rings is 1. The van der Waals surface area contributed by atoms with Gasteiger partial charge in [-0.1, -0.05) is 17.8 Å². The number of carbonyl (C=O) groups excluding carboxylic acids is 2. The number of nitrogens with zero attached hydrogens (tertiary/aromatic N) is 2. The number of nitrogens with one attached hydrogen (secondary N) is 2. The molecule has 0 radical (unpaired) electrons. The van der Waals surface area contributed by atoms with Crippen LogP contribution >= 0.6 is 23.1 Å². The second-order valence-electron chi connectivity index (χ2n) is 6.23. The first kappa shape index (κ1) is 19.3. The van der Waals surface area contributed by atoms with Crippen LogP contribution in [0.25, 0.3) is 10.2 Å². The molecule has 0 saturated heterocycles. The van der Waals surface area contributed by atoms with Crippen LogP contribution < -0.4 is 10.6 Å². The molecule has 0 spiro atoms. The van der Waals surface area contributed by atoms with E-state index in [9.17, 15) is 9.59 Å². The molecule has 27 heavy (non-hydrogen) atoms. The van der Waals surface area contributed by atoms with Crippen LogP contribution in [0.15, 0.2) is 29.6 Å². The van der Waals surface area contributed by atoms with Crippen LogP contribution in [0, 0.1) is 27.7 Å². The number of imide groups is 1. The van der Waals surface area contributed by atoms with Crippen molar-refractivity contribution in [2.75, 3.05) is 11.1 Å². The number of fused-ring (bicyclic) bond motifs is 1. The molecule has 0 unspecified atom stereocenters. The molecule has 0 aliphatic heterocycles. The number of urea groups is 1. The molecule has 140 valence electrons. The molecular weight excluding hydrogens is 380 g/mol. The summed E-state index contributed by atoms with van der Waals surface area (Å²) in [5, 5.41) is 6.77. The summed E-state index contributed by atoms with van der Waals surface area (Å²) in [7, 11) is 0. The van der Waals surface area contributed by atoms with E-state index in [0.29, 0.717) is 5.69 Å². The third kappa shape index (κ3) is 4.45. The van der Waals surface area contributed by atoms with Crippen molar-refractivity contribution in [2.45, 2.75) is 32.7 Å². The van der Waals surface area contributed by atoms with Gasteiger partial charge >= 0.3 is 6.03 Å². The van der Waals surface area contributed by atoms with Crippen molar-refractivity contribution in [1.29, 1.82) is 0 Å². The fraction of sp³-hybridized carbons (Fsp3) is 0.263. The SMILES string of the molecule is Cc1ccc(NC(=O)NC(=O)CSc2ncnc3sc(C)c(C)c23)cc1C. The van der Waals surface area contributed by atoms with Gasteiger partial charge in [0.15, 0.2) is 0 Å². The van der Waals surface area contributed by atoms with Gasteiger partial charge in [-0.15, -0.1) is 11.3 Å². The maximum absolute atomic E-state index is 12.1. The first-order chi connectivity index (χ1) is 12.8. The summed E-state index contributed by atoms with van der Waals surface area (Å²) in [4.78, 5) is 34.8. The van der Waals surface area contributed by atoms with Crippen LogP contribution in [0.1, 0.15) is 21.6 Å². The van der Waals surface area contributed by atoms with E-state index in [1.165, 1.54) is 23.0 Å². The van der Waals surface area contributed by atoms with Gasteiger partial charge in [0.1, 0.15) is 16.2 Å². The van der Waals surface area contributed by atoms with E-state index in [0.717, 1.165) is 31.9 Å². The summed E-state index contributed by atoms with van der Waals surface area (Å²) >= 11 is 2.91. The number of hydrogen-bond donors (Lipinski definition) is 2. The number of amides is 3. The first-order valence-electron chi connectivity index (χ1n) is 8.36. The number of aromatic nitrogens is 2. The highest BCUT2D eigenvalue weighted by molar-refractivity contribution is 8.00. The Balaban J connectivity index is 1.60. The molecule has 2 N–H and O–H groups in total. The van der Waals surface area contributed by atoms with Gasteiger partial charge in [0.25, 0.3) is 0 Å². The summed E-state index contributed by atoms with van der Waals surface area (Å²) in [6, 6.07) is 5.06. The average molecular weight is 401 g/mol. The zero-order valence-electron chi connectivity index (χ0n) is 15.5. The fourth-order valence-corrected chi connectivity index (χ4v) is 4.45. The molecule has 0 aliphatic carbocycles. The quantitative estimate of drug-likeness (QED) is 0.502. The minimum absolute atomic E-state index is 0.0980. The predicted molar refractivity (Wildman–Crippen MR) is 111 cm³/mol. The number of rotatable bonds is 4. The van der Waals surface area contributed by atoms with Gasteiger partial charge in [0.2, 0.25) is 5.91 Å². The van der Waals surface area contributed by atoms with Crippen LogP contribution in [-0.2, 0) is 4.79 Å². The number of hydrogen-bond acceptors (Lipinski definition) is 6. The standard InChI is InChI=1S/C19H20N4O2S2/c1-10-5-6-14(7-11(10)2)22-19(25)23-15(24)8-26-17-16-12(3)13(4)27-18(16)21-9-20-17/h5-7,9H,8H2,1-4H3,(H2,22,23,24,25). The van der Waals surface area contributed by atoms with Crippen molar-refractivity contribution in [3.8, 4) is 0 Å². The van der Waals surface area contributed by atoms with Crippen molar-refractivity contribution in [2.24, 2.45) is 0 Å². The number of anilines is 1. The van der Waals surface area contributed by atoms with Crippen molar-refractivity contribution >= 4 is 50.9 Å². The van der Waals surface area contributed by atoms with Gasteiger partial charge in [-0.25, -0.2) is 14.8 Å². The third-order valence-corrected chi connectivity index (χ3v) is 6.39. The molecule has 0 bridgehead atoms. The van der Waals surface area contributed by atoms with Gasteiger partial charge in [-0.2, -0.15) is 0 Å².